The Morgan fingerprint density at radius 1 is 1.30 bits per heavy atom. The van der Waals surface area contributed by atoms with Crippen molar-refractivity contribution >= 4 is 50.1 Å². The highest BCUT2D eigenvalue weighted by Crippen LogP contribution is 2.24. The van der Waals surface area contributed by atoms with Gasteiger partial charge in [0.25, 0.3) is 0 Å². The van der Waals surface area contributed by atoms with E-state index in [1.54, 1.807) is 7.11 Å². The molecule has 0 saturated carbocycles. The third-order valence-electron chi connectivity index (χ3n) is 3.47. The van der Waals surface area contributed by atoms with E-state index in [4.69, 9.17) is 21.1 Å². The van der Waals surface area contributed by atoms with Crippen molar-refractivity contribution in [3.05, 3.63) is 54.7 Å². The number of aromatic nitrogens is 1. The van der Waals surface area contributed by atoms with E-state index in [1.165, 1.54) is 5.56 Å². The van der Waals surface area contributed by atoms with Gasteiger partial charge < -0.3 is 9.47 Å². The zero-order valence-corrected chi connectivity index (χ0v) is 17.5. The minimum Gasteiger partial charge on any atom is -0.481 e. The molecule has 0 fully saturated rings. The summed E-state index contributed by atoms with van der Waals surface area (Å²) in [6.45, 7) is 2.64. The number of hydrogen-bond acceptors (Lipinski definition) is 3. The average molecular weight is 511 g/mol. The second kappa shape index (κ2) is 9.20. The number of hydrogen-bond donors (Lipinski definition) is 0. The van der Waals surface area contributed by atoms with Gasteiger partial charge in [-0.05, 0) is 60.1 Å². The number of aryl methyl sites for hydroxylation is 1. The molecule has 0 aliphatic rings. The maximum absolute atomic E-state index is 5.96. The highest BCUT2D eigenvalue weighted by atomic mass is 127. The largest absolute Gasteiger partial charge is 0.481 e. The van der Waals surface area contributed by atoms with E-state index < -0.39 is 0 Å². The molecule has 2 rings (SSSR count). The summed E-state index contributed by atoms with van der Waals surface area (Å²) in [5.41, 5.74) is 2.32. The molecule has 23 heavy (non-hydrogen) atoms. The quantitative estimate of drug-likeness (QED) is 0.451. The van der Waals surface area contributed by atoms with Gasteiger partial charge in [-0.15, -0.1) is 0 Å². The monoisotopic (exact) mass is 509 g/mol. The molecule has 0 spiro atoms. The Morgan fingerprint density at radius 3 is 2.74 bits per heavy atom. The number of rotatable bonds is 7. The Morgan fingerprint density at radius 2 is 2.09 bits per heavy atom. The van der Waals surface area contributed by atoms with Crippen LogP contribution in [0.3, 0.4) is 0 Å². The summed E-state index contributed by atoms with van der Waals surface area (Å²) in [6.07, 6.45) is 3.86. The summed E-state index contributed by atoms with van der Waals surface area (Å²) in [4.78, 5) is 4.22. The lowest BCUT2D eigenvalue weighted by atomic mass is 10.1. The van der Waals surface area contributed by atoms with Gasteiger partial charge in [0.1, 0.15) is 0 Å². The van der Waals surface area contributed by atoms with Crippen LogP contribution in [-0.4, -0.2) is 18.2 Å². The first-order valence-corrected chi connectivity index (χ1v) is 9.48. The van der Waals surface area contributed by atoms with Gasteiger partial charge in [0.15, 0.2) is 0 Å². The zero-order chi connectivity index (χ0) is 16.8. The molecule has 0 saturated heterocycles. The molecule has 0 aliphatic carbocycles. The smallest absolute Gasteiger partial charge is 0.213 e. The van der Waals surface area contributed by atoms with E-state index in [2.05, 4.69) is 56.5 Å². The van der Waals surface area contributed by atoms with Crippen LogP contribution in [-0.2, 0) is 17.8 Å². The molecular weight excluding hydrogens is 492 g/mol. The predicted molar refractivity (Wildman–Crippen MR) is 105 cm³/mol. The Hall–Kier alpha value is -0.370. The van der Waals surface area contributed by atoms with Gasteiger partial charge in [-0.3, -0.25) is 0 Å². The summed E-state index contributed by atoms with van der Waals surface area (Å²) in [5.74, 6) is 0.624. The first-order chi connectivity index (χ1) is 11.0. The van der Waals surface area contributed by atoms with Crippen LogP contribution in [0.5, 0.6) is 5.88 Å². The molecule has 1 aromatic heterocycles. The van der Waals surface area contributed by atoms with Crippen LogP contribution in [0.4, 0.5) is 0 Å². The molecule has 0 bridgehead atoms. The molecule has 6 heteroatoms. The van der Waals surface area contributed by atoms with Gasteiger partial charge in [-0.25, -0.2) is 4.98 Å². The number of nitrogens with zero attached hydrogens (tertiary/aromatic N) is 1. The van der Waals surface area contributed by atoms with Crippen molar-refractivity contribution in [3.63, 3.8) is 0 Å². The van der Waals surface area contributed by atoms with Crippen molar-refractivity contribution < 1.29 is 9.47 Å². The lowest BCUT2D eigenvalue weighted by Crippen LogP contribution is -2.10. The average Bonchev–Trinajstić information content (AvgIpc) is 2.52. The fraction of sp³-hybridized carbons (Fsp3) is 0.353. The van der Waals surface area contributed by atoms with Crippen molar-refractivity contribution in [3.8, 4) is 5.88 Å². The van der Waals surface area contributed by atoms with Crippen molar-refractivity contribution in [2.75, 3.05) is 7.11 Å². The van der Waals surface area contributed by atoms with Crippen LogP contribution in [0.1, 0.15) is 24.5 Å². The van der Waals surface area contributed by atoms with Gasteiger partial charge in [0, 0.05) is 30.9 Å². The highest BCUT2D eigenvalue weighted by Gasteiger charge is 2.09. The molecule has 1 unspecified atom stereocenters. The first kappa shape index (κ1) is 19.0. The Kier molecular flexibility index (Phi) is 7.59. The maximum Gasteiger partial charge on any atom is 0.213 e. The molecule has 1 atom stereocenters. The number of pyridine rings is 1. The van der Waals surface area contributed by atoms with Crippen LogP contribution >= 0.6 is 50.1 Å². The number of ether oxygens (including phenoxy) is 2. The van der Waals surface area contributed by atoms with Crippen molar-refractivity contribution in [2.24, 2.45) is 0 Å². The van der Waals surface area contributed by atoms with Crippen LogP contribution in [0.25, 0.3) is 0 Å². The van der Waals surface area contributed by atoms with Crippen molar-refractivity contribution in [1.29, 1.82) is 0 Å². The van der Waals surface area contributed by atoms with E-state index in [0.29, 0.717) is 12.5 Å². The normalized spacial score (nSPS) is 12.2. The van der Waals surface area contributed by atoms with Gasteiger partial charge in [0.2, 0.25) is 5.88 Å². The van der Waals surface area contributed by atoms with Crippen molar-refractivity contribution in [1.82, 2.24) is 4.98 Å². The highest BCUT2D eigenvalue weighted by molar-refractivity contribution is 14.1. The molecule has 2 aromatic rings. The zero-order valence-electron chi connectivity index (χ0n) is 13.0. The van der Waals surface area contributed by atoms with E-state index in [0.717, 1.165) is 31.5 Å². The molecule has 0 radical (unpaired) electrons. The lowest BCUT2D eigenvalue weighted by Gasteiger charge is -2.14. The van der Waals surface area contributed by atoms with Gasteiger partial charge >= 0.3 is 0 Å². The minimum atomic E-state index is 0.162. The van der Waals surface area contributed by atoms with E-state index in [1.807, 2.05) is 24.4 Å². The maximum atomic E-state index is 5.96. The van der Waals surface area contributed by atoms with Gasteiger partial charge in [0.05, 0.1) is 19.8 Å². The van der Waals surface area contributed by atoms with Crippen LogP contribution in [0.2, 0.25) is 5.02 Å². The standard InChI is InChI=1S/C17H18BrClINO2/c1-11(3-4-12-5-6-14(19)7-15(12)18)23-10-13-9-21-17(22-2)8-16(13)20/h5-9,11H,3-4,10H2,1-2H3. The topological polar surface area (TPSA) is 31.4 Å². The van der Waals surface area contributed by atoms with Gasteiger partial charge in [-0.1, -0.05) is 33.6 Å². The third kappa shape index (κ3) is 5.89. The predicted octanol–water partition coefficient (Wildman–Crippen LogP) is 5.65. The summed E-state index contributed by atoms with van der Waals surface area (Å²) in [7, 11) is 1.62. The van der Waals surface area contributed by atoms with Crippen LogP contribution in [0.15, 0.2) is 34.9 Å². The first-order valence-electron chi connectivity index (χ1n) is 7.23. The van der Waals surface area contributed by atoms with E-state index in [9.17, 15) is 0 Å². The summed E-state index contributed by atoms with van der Waals surface area (Å²) < 4.78 is 13.2. The SMILES string of the molecule is COc1cc(I)c(COC(C)CCc2ccc(Cl)cc2Br)cn1. The van der Waals surface area contributed by atoms with Crippen LogP contribution < -0.4 is 4.74 Å². The fourth-order valence-corrected chi connectivity index (χ4v) is 3.50. The molecule has 3 nitrogen and oxygen atoms in total. The number of halogens is 3. The molecule has 0 N–H and O–H groups in total. The molecule has 0 aliphatic heterocycles. The summed E-state index contributed by atoms with van der Waals surface area (Å²) in [5, 5.41) is 0.742. The summed E-state index contributed by atoms with van der Waals surface area (Å²) >= 11 is 11.8. The minimum absolute atomic E-state index is 0.162. The van der Waals surface area contributed by atoms with E-state index in [-0.39, 0.29) is 6.10 Å². The second-order valence-electron chi connectivity index (χ2n) is 5.21. The third-order valence-corrected chi connectivity index (χ3v) is 5.45. The Labute approximate surface area is 164 Å². The molecule has 1 heterocycles. The van der Waals surface area contributed by atoms with E-state index >= 15 is 0 Å². The Bertz CT molecular complexity index is 669. The van der Waals surface area contributed by atoms with Crippen molar-refractivity contribution in [2.45, 2.75) is 32.5 Å². The van der Waals surface area contributed by atoms with Gasteiger partial charge in [-0.2, -0.15) is 0 Å². The lowest BCUT2D eigenvalue weighted by molar-refractivity contribution is 0.0472. The van der Waals surface area contributed by atoms with Crippen LogP contribution in [0, 0.1) is 3.57 Å². The Balaban J connectivity index is 1.84. The molecule has 1 aromatic carbocycles. The second-order valence-corrected chi connectivity index (χ2v) is 7.67. The fourth-order valence-electron chi connectivity index (χ4n) is 2.06. The summed E-state index contributed by atoms with van der Waals surface area (Å²) in [6, 6.07) is 7.80. The number of benzene rings is 1. The molecule has 124 valence electrons. The molecular formula is C17H18BrClINO2. The molecule has 0 amide bonds. The number of methoxy groups -OCH3 is 1.